The van der Waals surface area contributed by atoms with Gasteiger partial charge in [0.25, 0.3) is 0 Å². The minimum absolute atomic E-state index is 0.00837. The van der Waals surface area contributed by atoms with Crippen molar-refractivity contribution in [3.8, 4) is 0 Å². The summed E-state index contributed by atoms with van der Waals surface area (Å²) < 4.78 is 0. The van der Waals surface area contributed by atoms with Gasteiger partial charge in [0.2, 0.25) is 53.2 Å². The second-order valence-electron chi connectivity index (χ2n) is 18.6. The number of primary amides is 1. The lowest BCUT2D eigenvalue weighted by atomic mass is 9.97. The number of rotatable bonds is 28. The molecule has 0 radical (unpaired) electrons. The number of aromatic nitrogens is 3. The average Bonchev–Trinajstić information content (AvgIpc) is 4.15. The first kappa shape index (κ1) is 58.9. The first-order valence-corrected chi connectivity index (χ1v) is 25.3. The highest BCUT2D eigenvalue weighted by Crippen LogP contribution is 2.22. The number of fused-ring (bicyclic) bond motifs is 1. The molecule has 1 fully saturated rings. The molecule has 4 rings (SSSR count). The van der Waals surface area contributed by atoms with Crippen molar-refractivity contribution in [3.63, 3.8) is 0 Å². The Morgan fingerprint density at radius 3 is 2.00 bits per heavy atom. The number of nitrogens with two attached hydrogens (primary N) is 2. The lowest BCUT2D eigenvalue weighted by Crippen LogP contribution is -2.61. The number of carboxylic acids is 1. The number of hydrogen-bond donors (Lipinski definition) is 14. The van der Waals surface area contributed by atoms with Crippen molar-refractivity contribution < 1.29 is 53.1 Å². The molecule has 0 saturated carbocycles. The molecule has 9 amide bonds. The molecular formula is C47H69N13O11S2. The van der Waals surface area contributed by atoms with Crippen molar-refractivity contribution in [1.29, 1.82) is 0 Å². The topological polar surface area (TPSA) is 375 Å². The Balaban J connectivity index is 1.60. The molecule has 400 valence electrons. The van der Waals surface area contributed by atoms with Crippen LogP contribution in [0.5, 0.6) is 0 Å². The van der Waals surface area contributed by atoms with Crippen LogP contribution in [-0.4, -0.2) is 157 Å². The van der Waals surface area contributed by atoms with E-state index >= 15 is 0 Å². The Morgan fingerprint density at radius 1 is 0.767 bits per heavy atom. The summed E-state index contributed by atoms with van der Waals surface area (Å²) in [6, 6.07) is -4.34. The molecule has 3 heterocycles. The molecule has 10 atom stereocenters. The number of amides is 9. The largest absolute Gasteiger partial charge is 0.480 e. The van der Waals surface area contributed by atoms with Gasteiger partial charge in [0.15, 0.2) is 0 Å². The number of benzene rings is 1. The Hall–Kier alpha value is -6.67. The molecular weight excluding hydrogens is 987 g/mol. The van der Waals surface area contributed by atoms with Gasteiger partial charge in [-0.3, -0.25) is 43.2 Å². The third-order valence-electron chi connectivity index (χ3n) is 12.4. The second kappa shape index (κ2) is 28.0. The lowest BCUT2D eigenvalue weighted by molar-refractivity contribution is -0.142. The smallest absolute Gasteiger partial charge is 0.327 e. The minimum Gasteiger partial charge on any atom is -0.480 e. The number of imidazole rings is 1. The fourth-order valence-electron chi connectivity index (χ4n) is 8.17. The Kier molecular flexibility index (Phi) is 22.6. The molecule has 3 aromatic rings. The monoisotopic (exact) mass is 1060 g/mol. The van der Waals surface area contributed by atoms with E-state index in [4.69, 9.17) is 11.5 Å². The van der Waals surface area contributed by atoms with Gasteiger partial charge in [-0.2, -0.15) is 25.3 Å². The van der Waals surface area contributed by atoms with Gasteiger partial charge in [0, 0.05) is 59.9 Å². The zero-order chi connectivity index (χ0) is 54.1. The predicted molar refractivity (Wildman–Crippen MR) is 274 cm³/mol. The van der Waals surface area contributed by atoms with E-state index in [9.17, 15) is 53.1 Å². The Morgan fingerprint density at radius 2 is 1.38 bits per heavy atom. The van der Waals surface area contributed by atoms with E-state index in [-0.39, 0.29) is 49.7 Å². The van der Waals surface area contributed by atoms with Gasteiger partial charge in [-0.25, -0.2) is 9.78 Å². The molecule has 2 aromatic heterocycles. The molecule has 0 aliphatic carbocycles. The zero-order valence-electron chi connectivity index (χ0n) is 41.4. The van der Waals surface area contributed by atoms with E-state index in [2.05, 4.69) is 77.4 Å². The summed E-state index contributed by atoms with van der Waals surface area (Å²) in [5.41, 5.74) is 13.1. The molecule has 1 aromatic carbocycles. The van der Waals surface area contributed by atoms with Crippen molar-refractivity contribution in [2.75, 3.05) is 18.1 Å². The van der Waals surface area contributed by atoms with Gasteiger partial charge in [0.05, 0.1) is 18.8 Å². The number of hydrogen-bond acceptors (Lipinski definition) is 14. The Labute approximate surface area is 433 Å². The van der Waals surface area contributed by atoms with Crippen molar-refractivity contribution in [1.82, 2.24) is 57.1 Å². The van der Waals surface area contributed by atoms with Crippen LogP contribution in [-0.2, 0) is 60.8 Å². The molecule has 1 aliphatic heterocycles. The molecule has 14 N–H and O–H groups in total. The fraction of sp³-hybridized carbons (Fsp3) is 0.553. The first-order valence-electron chi connectivity index (χ1n) is 24.0. The van der Waals surface area contributed by atoms with Crippen molar-refractivity contribution in [2.45, 2.75) is 134 Å². The van der Waals surface area contributed by atoms with Gasteiger partial charge < -0.3 is 68.7 Å². The summed E-state index contributed by atoms with van der Waals surface area (Å²) in [4.78, 5) is 146. The van der Waals surface area contributed by atoms with Gasteiger partial charge in [0.1, 0.15) is 48.3 Å². The van der Waals surface area contributed by atoms with E-state index in [1.165, 1.54) is 24.3 Å². The van der Waals surface area contributed by atoms with E-state index in [0.717, 1.165) is 10.9 Å². The Bertz CT molecular complexity index is 2440. The molecule has 1 saturated heterocycles. The van der Waals surface area contributed by atoms with Crippen LogP contribution < -0.4 is 48.7 Å². The van der Waals surface area contributed by atoms with Crippen LogP contribution in [0.4, 0.5) is 0 Å². The first-order chi connectivity index (χ1) is 34.6. The highest BCUT2D eigenvalue weighted by atomic mass is 32.1. The number of para-hydroxylation sites is 1. The number of nitrogens with one attached hydrogen (secondary N) is 9. The third-order valence-corrected chi connectivity index (χ3v) is 13.2. The SMILES string of the molecule is CC[C@H](C)[C@H](NC(=O)[C@H](Cc1cnc[nH]1)NC(=O)[C@H](CC(C)C)NC(=O)[C@H](CC(N)=O)NC(=O)[C@H](Cc1c[nH]c2ccccc12)NC(=O)[C@@H]1CCCN1C(=O)[C@H](C)NC(=O)[C@@H](N)CS)C(=O)N[C@@H](CS)C(=O)O. The lowest BCUT2D eigenvalue weighted by Gasteiger charge is -2.30. The molecule has 0 unspecified atom stereocenters. The van der Waals surface area contributed by atoms with Gasteiger partial charge >= 0.3 is 5.97 Å². The van der Waals surface area contributed by atoms with Crippen molar-refractivity contribution in [2.24, 2.45) is 23.3 Å². The third kappa shape index (κ3) is 17.0. The highest BCUT2D eigenvalue weighted by molar-refractivity contribution is 7.80. The molecule has 0 spiro atoms. The minimum atomic E-state index is -1.70. The van der Waals surface area contributed by atoms with Crippen LogP contribution in [0.3, 0.4) is 0 Å². The second-order valence-corrected chi connectivity index (χ2v) is 19.3. The number of nitrogens with zero attached hydrogens (tertiary/aromatic N) is 2. The molecule has 24 nitrogen and oxygen atoms in total. The number of aliphatic carboxylic acids is 1. The van der Waals surface area contributed by atoms with E-state index in [0.29, 0.717) is 24.1 Å². The number of H-pyrrole nitrogens is 2. The molecule has 73 heavy (non-hydrogen) atoms. The van der Waals surface area contributed by atoms with Crippen LogP contribution in [0, 0.1) is 11.8 Å². The van der Waals surface area contributed by atoms with Crippen molar-refractivity contribution >= 4 is 95.3 Å². The zero-order valence-corrected chi connectivity index (χ0v) is 43.2. The summed E-state index contributed by atoms with van der Waals surface area (Å²) >= 11 is 8.04. The number of thiol groups is 2. The number of carbonyl (C=O) groups is 10. The summed E-state index contributed by atoms with van der Waals surface area (Å²) in [6.45, 7) is 8.61. The summed E-state index contributed by atoms with van der Waals surface area (Å²) in [6.07, 6.45) is 4.43. The summed E-state index contributed by atoms with van der Waals surface area (Å²) in [7, 11) is 0. The highest BCUT2D eigenvalue weighted by Gasteiger charge is 2.40. The quantitative estimate of drug-likeness (QED) is 0.0362. The van der Waals surface area contributed by atoms with E-state index < -0.39 is 126 Å². The summed E-state index contributed by atoms with van der Waals surface area (Å²) in [5, 5.41) is 28.4. The normalized spacial score (nSPS) is 17.1. The predicted octanol–water partition coefficient (Wildman–Crippen LogP) is -1.68. The average molecular weight is 1060 g/mol. The van der Waals surface area contributed by atoms with Gasteiger partial charge in [-0.05, 0) is 49.7 Å². The standard InChI is InChI=1S/C47H69N13O11S2/c1-6-24(4)38(45(68)58-35(21-73)47(70)71)59-43(66)33(16-27-19-50-22-52-27)55-40(63)31(14-23(2)3)54-42(65)34(17-37(49)61)56-41(64)32(15-26-18-51-30-11-8-7-10-28(26)30)57-44(67)36-12-9-13-60(36)46(69)25(5)53-39(62)29(48)20-72/h7-8,10-11,18-19,22-25,29,31-36,38,51,72-73H,6,9,12-17,20-21,48H2,1-5H3,(H2,49,61)(H,50,52)(H,53,62)(H,54,65)(H,55,63)(H,56,64)(H,57,67)(H,58,68)(H,59,66)(H,70,71)/t24-,25-,29-,31-,32-,33-,34-,35-,36-,38-/m0/s1. The van der Waals surface area contributed by atoms with Gasteiger partial charge in [-0.1, -0.05) is 52.3 Å². The van der Waals surface area contributed by atoms with Gasteiger partial charge in [-0.15, -0.1) is 0 Å². The molecule has 0 bridgehead atoms. The number of likely N-dealkylation sites (tertiary alicyclic amines) is 1. The van der Waals surface area contributed by atoms with Crippen molar-refractivity contribution in [3.05, 3.63) is 54.2 Å². The fourth-order valence-corrected chi connectivity index (χ4v) is 8.59. The van der Waals surface area contributed by atoms with Crippen LogP contribution in [0.25, 0.3) is 10.9 Å². The number of aromatic amines is 2. The van der Waals surface area contributed by atoms with Crippen LogP contribution >= 0.6 is 25.3 Å². The van der Waals surface area contributed by atoms with Crippen LogP contribution in [0.1, 0.15) is 78.0 Å². The number of carbonyl (C=O) groups excluding carboxylic acids is 9. The van der Waals surface area contributed by atoms with E-state index in [1.54, 1.807) is 52.1 Å². The maximum absolute atomic E-state index is 14.5. The summed E-state index contributed by atoms with van der Waals surface area (Å²) in [5.74, 6) is -9.52. The maximum Gasteiger partial charge on any atom is 0.327 e. The maximum atomic E-state index is 14.5. The number of carboxylic acid groups (broad SMARTS) is 1. The molecule has 1 aliphatic rings. The van der Waals surface area contributed by atoms with E-state index in [1.807, 2.05) is 6.07 Å². The molecule has 26 heteroatoms. The van der Waals surface area contributed by atoms with Crippen LogP contribution in [0.15, 0.2) is 43.0 Å². The van der Waals surface area contributed by atoms with Crippen LogP contribution in [0.2, 0.25) is 0 Å².